The summed E-state index contributed by atoms with van der Waals surface area (Å²) in [6, 6.07) is 0. The lowest BCUT2D eigenvalue weighted by Crippen LogP contribution is -2.24. The molecular weight excluding hydrogens is 261 g/mol. The smallest absolute Gasteiger partial charge is 0.287 e. The molecule has 1 aliphatic heterocycles. The van der Waals surface area contributed by atoms with Crippen molar-refractivity contribution in [1.82, 2.24) is 4.98 Å². The van der Waals surface area contributed by atoms with Gasteiger partial charge in [0.15, 0.2) is 10.8 Å². The van der Waals surface area contributed by atoms with E-state index < -0.39 is 11.9 Å². The normalized spacial score (nSPS) is 21.9. The van der Waals surface area contributed by atoms with Crippen molar-refractivity contribution in [3.63, 3.8) is 0 Å². The van der Waals surface area contributed by atoms with E-state index in [1.54, 1.807) is 0 Å². The fraction of sp³-hybridized carbons (Fsp3) is 0.500. The number of alkyl halides is 3. The van der Waals surface area contributed by atoms with Gasteiger partial charge < -0.3 is 0 Å². The second-order valence-electron chi connectivity index (χ2n) is 3.38. The summed E-state index contributed by atoms with van der Waals surface area (Å²) in [7, 11) is 0. The van der Waals surface area contributed by atoms with E-state index in [1.807, 2.05) is 0 Å². The molecule has 0 spiro atoms. The number of anilines is 1. The zero-order valence-electron chi connectivity index (χ0n) is 7.86. The molecule has 1 fully saturated rings. The number of thiol groups is 1. The van der Waals surface area contributed by atoms with Gasteiger partial charge in [-0.15, -0.1) is 11.3 Å². The molecule has 2 heterocycles. The third kappa shape index (κ3) is 2.17. The van der Waals surface area contributed by atoms with Crippen LogP contribution >= 0.6 is 24.0 Å². The maximum atomic E-state index is 12.3. The molecule has 88 valence electrons. The molecule has 1 aromatic heterocycles. The number of aromatic nitrogens is 1. The van der Waals surface area contributed by atoms with Crippen molar-refractivity contribution in [2.75, 3.05) is 11.4 Å². The molecule has 0 N–H and O–H groups in total. The Morgan fingerprint density at radius 3 is 2.69 bits per heavy atom. The average Bonchev–Trinajstić information content (AvgIpc) is 2.70. The number of thiazole rings is 1. The highest BCUT2D eigenvalue weighted by molar-refractivity contribution is 7.81. The zero-order chi connectivity index (χ0) is 11.9. The molecule has 0 aliphatic carbocycles. The molecule has 8 heteroatoms. The van der Waals surface area contributed by atoms with Gasteiger partial charge in [0, 0.05) is 23.6 Å². The van der Waals surface area contributed by atoms with Crippen LogP contribution in [0.4, 0.5) is 18.3 Å². The Labute approximate surface area is 98.7 Å². The largest absolute Gasteiger partial charge is 0.434 e. The van der Waals surface area contributed by atoms with Crippen molar-refractivity contribution in [3.05, 3.63) is 11.1 Å². The van der Waals surface area contributed by atoms with Gasteiger partial charge in [-0.1, -0.05) is 0 Å². The highest BCUT2D eigenvalue weighted by Gasteiger charge is 2.36. The number of hydrogen-bond acceptors (Lipinski definition) is 4. The maximum Gasteiger partial charge on any atom is 0.434 e. The lowest BCUT2D eigenvalue weighted by molar-refractivity contribution is -0.140. The summed E-state index contributed by atoms with van der Waals surface area (Å²) in [5.41, 5.74) is -0.956. The van der Waals surface area contributed by atoms with Gasteiger partial charge in [-0.2, -0.15) is 25.8 Å². The van der Waals surface area contributed by atoms with E-state index in [0.29, 0.717) is 6.54 Å². The van der Waals surface area contributed by atoms with Gasteiger partial charge in [0.25, 0.3) is 0 Å². The molecule has 1 atom stereocenters. The Balaban J connectivity index is 2.23. The van der Waals surface area contributed by atoms with Gasteiger partial charge in [-0.3, -0.25) is 9.69 Å². The van der Waals surface area contributed by atoms with Crippen LogP contribution in [0.15, 0.2) is 5.38 Å². The average molecular weight is 268 g/mol. The first-order valence-electron chi connectivity index (χ1n) is 4.39. The Kier molecular flexibility index (Phi) is 2.87. The standard InChI is InChI=1S/C8H7F3N2OS2/c9-8(10,11)5-3-16-7(12-5)13-2-4(15)1-6(13)14/h3-4,15H,1-2H2. The van der Waals surface area contributed by atoms with Gasteiger partial charge in [0.05, 0.1) is 0 Å². The van der Waals surface area contributed by atoms with Crippen LogP contribution < -0.4 is 4.90 Å². The highest BCUT2D eigenvalue weighted by Crippen LogP contribution is 2.34. The topological polar surface area (TPSA) is 33.2 Å². The van der Waals surface area contributed by atoms with Crippen molar-refractivity contribution in [3.8, 4) is 0 Å². The first-order chi connectivity index (χ1) is 7.38. The fourth-order valence-corrected chi connectivity index (χ4v) is 2.57. The molecule has 1 amide bonds. The second-order valence-corrected chi connectivity index (χ2v) is 4.94. The summed E-state index contributed by atoms with van der Waals surface area (Å²) >= 11 is 4.94. The van der Waals surface area contributed by atoms with Gasteiger partial charge in [0.2, 0.25) is 5.91 Å². The molecule has 3 nitrogen and oxygen atoms in total. The molecule has 0 radical (unpaired) electrons. The SMILES string of the molecule is O=C1CC(S)CN1c1nc(C(F)(F)F)cs1. The van der Waals surface area contributed by atoms with Gasteiger partial charge in [-0.05, 0) is 0 Å². The van der Waals surface area contributed by atoms with Crippen LogP contribution in [0.5, 0.6) is 0 Å². The molecule has 0 bridgehead atoms. The molecule has 1 saturated heterocycles. The minimum Gasteiger partial charge on any atom is -0.287 e. The van der Waals surface area contributed by atoms with Crippen LogP contribution in [-0.4, -0.2) is 22.7 Å². The van der Waals surface area contributed by atoms with Crippen molar-refractivity contribution in [2.45, 2.75) is 17.8 Å². The van der Waals surface area contributed by atoms with E-state index in [2.05, 4.69) is 17.6 Å². The Morgan fingerprint density at radius 2 is 2.25 bits per heavy atom. The first kappa shape index (κ1) is 11.7. The third-order valence-corrected chi connectivity index (χ3v) is 3.33. The zero-order valence-corrected chi connectivity index (χ0v) is 9.57. The molecule has 0 saturated carbocycles. The van der Waals surface area contributed by atoms with E-state index in [4.69, 9.17) is 0 Å². The molecule has 16 heavy (non-hydrogen) atoms. The summed E-state index contributed by atoms with van der Waals surface area (Å²) in [5, 5.41) is 0.869. The maximum absolute atomic E-state index is 12.3. The quantitative estimate of drug-likeness (QED) is 0.792. The summed E-state index contributed by atoms with van der Waals surface area (Å²) in [5.74, 6) is -0.233. The summed E-state index contributed by atoms with van der Waals surface area (Å²) < 4.78 is 36.9. The van der Waals surface area contributed by atoms with Gasteiger partial charge in [0.1, 0.15) is 0 Å². The van der Waals surface area contributed by atoms with E-state index >= 15 is 0 Å². The van der Waals surface area contributed by atoms with Crippen LogP contribution in [0.2, 0.25) is 0 Å². The molecule has 1 aromatic rings. The van der Waals surface area contributed by atoms with Crippen LogP contribution in [0, 0.1) is 0 Å². The summed E-state index contributed by atoms with van der Waals surface area (Å²) in [6.45, 7) is 0.312. The highest BCUT2D eigenvalue weighted by atomic mass is 32.1. The number of halogens is 3. The minimum absolute atomic E-state index is 0.0916. The predicted octanol–water partition coefficient (Wildman–Crippen LogP) is 2.20. The number of hydrogen-bond donors (Lipinski definition) is 1. The Hall–Kier alpha value is -0.760. The summed E-state index contributed by atoms with van der Waals surface area (Å²) in [6.07, 6.45) is -4.22. The molecule has 2 rings (SSSR count). The van der Waals surface area contributed by atoms with Gasteiger partial charge in [-0.25, -0.2) is 4.98 Å². The second kappa shape index (κ2) is 3.92. The lowest BCUT2D eigenvalue weighted by atomic mass is 10.4. The van der Waals surface area contributed by atoms with Crippen molar-refractivity contribution in [1.29, 1.82) is 0 Å². The van der Waals surface area contributed by atoms with Crippen LogP contribution in [0.1, 0.15) is 12.1 Å². The van der Waals surface area contributed by atoms with Crippen LogP contribution in [-0.2, 0) is 11.0 Å². The number of carbonyl (C=O) groups is 1. The summed E-state index contributed by atoms with van der Waals surface area (Å²) in [4.78, 5) is 16.1. The number of amides is 1. The van der Waals surface area contributed by atoms with Crippen molar-refractivity contribution in [2.24, 2.45) is 0 Å². The first-order valence-corrected chi connectivity index (χ1v) is 5.78. The molecule has 1 aliphatic rings. The predicted molar refractivity (Wildman–Crippen MR) is 56.9 cm³/mol. The van der Waals surface area contributed by atoms with Crippen LogP contribution in [0.25, 0.3) is 0 Å². The number of carbonyl (C=O) groups excluding carboxylic acids is 1. The fourth-order valence-electron chi connectivity index (χ4n) is 1.39. The van der Waals surface area contributed by atoms with E-state index in [1.165, 1.54) is 4.90 Å². The van der Waals surface area contributed by atoms with E-state index in [-0.39, 0.29) is 22.7 Å². The number of rotatable bonds is 1. The van der Waals surface area contributed by atoms with Crippen LogP contribution in [0.3, 0.4) is 0 Å². The Morgan fingerprint density at radius 1 is 1.56 bits per heavy atom. The Bertz CT molecular complexity index is 418. The lowest BCUT2D eigenvalue weighted by Gasteiger charge is -2.11. The number of nitrogens with zero attached hydrogens (tertiary/aromatic N) is 2. The minimum atomic E-state index is -4.46. The molecular formula is C8H7F3N2OS2. The van der Waals surface area contributed by atoms with E-state index in [9.17, 15) is 18.0 Å². The van der Waals surface area contributed by atoms with Gasteiger partial charge >= 0.3 is 6.18 Å². The molecule has 1 unspecified atom stereocenters. The monoisotopic (exact) mass is 268 g/mol. The van der Waals surface area contributed by atoms with E-state index in [0.717, 1.165) is 16.7 Å². The molecule has 0 aromatic carbocycles. The van der Waals surface area contributed by atoms with Crippen molar-refractivity contribution < 1.29 is 18.0 Å². The van der Waals surface area contributed by atoms with Crippen molar-refractivity contribution >= 4 is 35.0 Å². The third-order valence-electron chi connectivity index (χ3n) is 2.12.